The third-order valence-electron chi connectivity index (χ3n) is 4.95. The maximum atomic E-state index is 13.1. The van der Waals surface area contributed by atoms with Gasteiger partial charge in [0.1, 0.15) is 5.70 Å². The second kappa shape index (κ2) is 8.31. The average Bonchev–Trinajstić information content (AvgIpc) is 3.50. The van der Waals surface area contributed by atoms with E-state index in [2.05, 4.69) is 10.6 Å². The van der Waals surface area contributed by atoms with Gasteiger partial charge >= 0.3 is 0 Å². The van der Waals surface area contributed by atoms with Gasteiger partial charge in [0.2, 0.25) is 6.79 Å². The van der Waals surface area contributed by atoms with Gasteiger partial charge in [-0.3, -0.25) is 9.59 Å². The molecule has 1 aliphatic rings. The number of furan rings is 1. The molecule has 2 heterocycles. The molecule has 4 aromatic rings. The second-order valence-corrected chi connectivity index (χ2v) is 7.12. The van der Waals surface area contributed by atoms with Gasteiger partial charge in [0.05, 0.1) is 6.26 Å². The third-order valence-corrected chi connectivity index (χ3v) is 4.95. The van der Waals surface area contributed by atoms with Crippen molar-refractivity contribution >= 4 is 34.4 Å². The highest BCUT2D eigenvalue weighted by molar-refractivity contribution is 6.10. The van der Waals surface area contributed by atoms with Crippen molar-refractivity contribution in [1.82, 2.24) is 5.32 Å². The molecular weight excluding hydrogens is 408 g/mol. The minimum atomic E-state index is -0.532. The maximum absolute atomic E-state index is 13.1. The van der Waals surface area contributed by atoms with E-state index in [0.717, 1.165) is 10.8 Å². The molecule has 7 nitrogen and oxygen atoms in total. The number of ether oxygens (including phenoxy) is 2. The van der Waals surface area contributed by atoms with E-state index in [0.29, 0.717) is 22.7 Å². The predicted molar refractivity (Wildman–Crippen MR) is 119 cm³/mol. The predicted octanol–water partition coefficient (Wildman–Crippen LogP) is 4.57. The molecule has 7 heteroatoms. The lowest BCUT2D eigenvalue weighted by Crippen LogP contribution is -2.30. The van der Waals surface area contributed by atoms with Crippen molar-refractivity contribution in [3.8, 4) is 11.5 Å². The van der Waals surface area contributed by atoms with Crippen LogP contribution in [0, 0.1) is 0 Å². The van der Waals surface area contributed by atoms with Crippen LogP contribution in [0.1, 0.15) is 16.1 Å². The number of rotatable bonds is 5. The zero-order valence-electron chi connectivity index (χ0n) is 16.8. The number of anilines is 1. The fourth-order valence-corrected chi connectivity index (χ4v) is 3.39. The molecule has 0 fully saturated rings. The van der Waals surface area contributed by atoms with E-state index in [4.69, 9.17) is 13.9 Å². The van der Waals surface area contributed by atoms with Gasteiger partial charge in [-0.1, -0.05) is 36.4 Å². The molecule has 158 valence electrons. The first-order valence-corrected chi connectivity index (χ1v) is 9.92. The molecule has 2 amide bonds. The summed E-state index contributed by atoms with van der Waals surface area (Å²) in [5.41, 5.74) is 1.33. The molecule has 3 aromatic carbocycles. The Balaban J connectivity index is 1.44. The molecule has 1 aliphatic heterocycles. The topological polar surface area (TPSA) is 89.8 Å². The zero-order chi connectivity index (χ0) is 21.9. The Morgan fingerprint density at radius 3 is 2.53 bits per heavy atom. The van der Waals surface area contributed by atoms with E-state index >= 15 is 0 Å². The molecule has 0 aliphatic carbocycles. The second-order valence-electron chi connectivity index (χ2n) is 7.12. The van der Waals surface area contributed by atoms with Crippen LogP contribution < -0.4 is 20.1 Å². The molecule has 0 radical (unpaired) electrons. The van der Waals surface area contributed by atoms with Crippen LogP contribution in [0.25, 0.3) is 16.8 Å². The van der Waals surface area contributed by atoms with Crippen LogP contribution in [0.15, 0.2) is 89.2 Å². The Morgan fingerprint density at radius 2 is 1.69 bits per heavy atom. The lowest BCUT2D eigenvalue weighted by molar-refractivity contribution is -0.113. The van der Waals surface area contributed by atoms with Gasteiger partial charge in [-0.2, -0.15) is 0 Å². The third kappa shape index (κ3) is 4.04. The van der Waals surface area contributed by atoms with Crippen molar-refractivity contribution in [2.24, 2.45) is 0 Å². The van der Waals surface area contributed by atoms with Gasteiger partial charge in [-0.25, -0.2) is 0 Å². The standard InChI is InChI=1S/C25H18N2O5/c28-24(26-19-9-8-17-4-1-2-5-18(17)14-19)20(27-25(29)22-6-3-11-30-22)12-16-7-10-21-23(13-16)32-15-31-21/h1-14H,15H2,(H,26,28)(H,27,29)/b20-12+. The van der Waals surface area contributed by atoms with Gasteiger partial charge in [-0.05, 0) is 58.8 Å². The van der Waals surface area contributed by atoms with Crippen molar-refractivity contribution in [2.75, 3.05) is 12.1 Å². The van der Waals surface area contributed by atoms with E-state index in [9.17, 15) is 9.59 Å². The summed E-state index contributed by atoms with van der Waals surface area (Å²) >= 11 is 0. The minimum absolute atomic E-state index is 0.0541. The highest BCUT2D eigenvalue weighted by Crippen LogP contribution is 2.33. The molecule has 0 bridgehead atoms. The number of carbonyl (C=O) groups is 2. The van der Waals surface area contributed by atoms with Gasteiger partial charge in [0, 0.05) is 5.69 Å². The summed E-state index contributed by atoms with van der Waals surface area (Å²) in [6, 6.07) is 21.9. The van der Waals surface area contributed by atoms with Crippen molar-refractivity contribution < 1.29 is 23.5 Å². The monoisotopic (exact) mass is 426 g/mol. The molecule has 0 atom stereocenters. The summed E-state index contributed by atoms with van der Waals surface area (Å²) in [5.74, 6) is 0.294. The minimum Gasteiger partial charge on any atom is -0.459 e. The number of fused-ring (bicyclic) bond motifs is 2. The Morgan fingerprint density at radius 1 is 0.844 bits per heavy atom. The van der Waals surface area contributed by atoms with E-state index in [1.807, 2.05) is 42.5 Å². The Hall–Kier alpha value is -4.52. The normalized spacial score (nSPS) is 12.6. The van der Waals surface area contributed by atoms with Crippen LogP contribution in [0.4, 0.5) is 5.69 Å². The molecule has 1 aromatic heterocycles. The first-order chi connectivity index (χ1) is 15.7. The van der Waals surface area contributed by atoms with E-state index in [1.54, 1.807) is 30.3 Å². The number of nitrogens with one attached hydrogen (secondary N) is 2. The van der Waals surface area contributed by atoms with Gasteiger partial charge in [-0.15, -0.1) is 0 Å². The van der Waals surface area contributed by atoms with Crippen molar-refractivity contribution in [2.45, 2.75) is 0 Å². The fraction of sp³-hybridized carbons (Fsp3) is 0.0400. The molecule has 0 unspecified atom stereocenters. The molecule has 0 saturated carbocycles. The van der Waals surface area contributed by atoms with Gasteiger partial charge in [0.15, 0.2) is 17.3 Å². The summed E-state index contributed by atoms with van der Waals surface area (Å²) in [6.45, 7) is 0.146. The van der Waals surface area contributed by atoms with Crippen LogP contribution in [0.3, 0.4) is 0 Å². The van der Waals surface area contributed by atoms with Gasteiger partial charge < -0.3 is 24.5 Å². The highest BCUT2D eigenvalue weighted by Gasteiger charge is 2.18. The lowest BCUT2D eigenvalue weighted by Gasteiger charge is -2.11. The number of hydrogen-bond acceptors (Lipinski definition) is 5. The SMILES string of the molecule is O=C(Nc1ccc2ccccc2c1)/C(=C\c1ccc2c(c1)OCO2)NC(=O)c1ccco1. The molecule has 0 spiro atoms. The summed E-state index contributed by atoms with van der Waals surface area (Å²) in [5, 5.41) is 7.54. The Kier molecular flexibility index (Phi) is 5.05. The smallest absolute Gasteiger partial charge is 0.291 e. The number of benzene rings is 3. The fourth-order valence-electron chi connectivity index (χ4n) is 3.39. The van der Waals surface area contributed by atoms with Crippen LogP contribution in [-0.2, 0) is 4.79 Å². The highest BCUT2D eigenvalue weighted by atomic mass is 16.7. The lowest BCUT2D eigenvalue weighted by atomic mass is 10.1. The van der Waals surface area contributed by atoms with E-state index in [-0.39, 0.29) is 18.3 Å². The van der Waals surface area contributed by atoms with Crippen LogP contribution in [0.5, 0.6) is 11.5 Å². The Bertz CT molecular complexity index is 1340. The number of amides is 2. The summed E-state index contributed by atoms with van der Waals surface area (Å²) in [4.78, 5) is 25.7. The van der Waals surface area contributed by atoms with Gasteiger partial charge in [0.25, 0.3) is 11.8 Å². The molecular formula is C25H18N2O5. The molecule has 5 rings (SSSR count). The van der Waals surface area contributed by atoms with Crippen LogP contribution in [0.2, 0.25) is 0 Å². The van der Waals surface area contributed by atoms with Crippen molar-refractivity contribution in [3.63, 3.8) is 0 Å². The first kappa shape index (κ1) is 19.4. The van der Waals surface area contributed by atoms with E-state index in [1.165, 1.54) is 12.3 Å². The number of hydrogen-bond donors (Lipinski definition) is 2. The van der Waals surface area contributed by atoms with Crippen molar-refractivity contribution in [3.05, 3.63) is 96.1 Å². The molecule has 0 saturated heterocycles. The molecule has 32 heavy (non-hydrogen) atoms. The summed E-state index contributed by atoms with van der Waals surface area (Å²) < 4.78 is 15.9. The molecule has 2 N–H and O–H groups in total. The number of carbonyl (C=O) groups excluding carboxylic acids is 2. The largest absolute Gasteiger partial charge is 0.459 e. The van der Waals surface area contributed by atoms with Crippen molar-refractivity contribution in [1.29, 1.82) is 0 Å². The summed E-state index contributed by atoms with van der Waals surface area (Å²) in [7, 11) is 0. The quantitative estimate of drug-likeness (QED) is 0.456. The first-order valence-electron chi connectivity index (χ1n) is 9.92. The Labute approximate surface area is 183 Å². The van der Waals surface area contributed by atoms with Crippen LogP contribution in [-0.4, -0.2) is 18.6 Å². The maximum Gasteiger partial charge on any atom is 0.291 e. The zero-order valence-corrected chi connectivity index (χ0v) is 16.8. The average molecular weight is 426 g/mol. The van der Waals surface area contributed by atoms with E-state index < -0.39 is 11.8 Å². The van der Waals surface area contributed by atoms with Crippen LogP contribution >= 0.6 is 0 Å². The summed E-state index contributed by atoms with van der Waals surface area (Å²) in [6.07, 6.45) is 2.96.